The summed E-state index contributed by atoms with van der Waals surface area (Å²) in [5.74, 6) is -1.08. The standard InChI is InChI=1S/C13H15NO3/c1-10-5-7-12(8-6-10)4-3-9-17-14-11(2)13(15)16/h3-8H,9H2,1-2H3,(H,15,16)/b4-3+,14-11?. The van der Waals surface area contributed by atoms with Gasteiger partial charge in [-0.2, -0.15) is 0 Å². The highest BCUT2D eigenvalue weighted by atomic mass is 16.6. The third-order valence-electron chi connectivity index (χ3n) is 2.07. The maximum atomic E-state index is 10.4. The number of hydrogen-bond donors (Lipinski definition) is 1. The number of rotatable bonds is 5. The topological polar surface area (TPSA) is 58.9 Å². The summed E-state index contributed by atoms with van der Waals surface area (Å²) >= 11 is 0. The third kappa shape index (κ3) is 4.97. The van der Waals surface area contributed by atoms with Crippen molar-refractivity contribution >= 4 is 17.8 Å². The van der Waals surface area contributed by atoms with Gasteiger partial charge < -0.3 is 9.94 Å². The summed E-state index contributed by atoms with van der Waals surface area (Å²) in [6.45, 7) is 3.66. The van der Waals surface area contributed by atoms with Gasteiger partial charge in [0.25, 0.3) is 0 Å². The van der Waals surface area contributed by atoms with Crippen molar-refractivity contribution in [2.75, 3.05) is 6.61 Å². The third-order valence-corrected chi connectivity index (χ3v) is 2.07. The SMILES string of the molecule is CC(=NOC/C=C/c1ccc(C)cc1)C(=O)O. The second-order valence-electron chi connectivity index (χ2n) is 3.59. The van der Waals surface area contributed by atoms with Crippen LogP contribution in [0.3, 0.4) is 0 Å². The maximum Gasteiger partial charge on any atom is 0.353 e. The predicted octanol–water partition coefficient (Wildman–Crippen LogP) is 2.49. The molecule has 17 heavy (non-hydrogen) atoms. The van der Waals surface area contributed by atoms with E-state index in [0.29, 0.717) is 0 Å². The number of hydrogen-bond acceptors (Lipinski definition) is 3. The van der Waals surface area contributed by atoms with Gasteiger partial charge in [0.15, 0.2) is 5.71 Å². The summed E-state index contributed by atoms with van der Waals surface area (Å²) in [5, 5.41) is 11.9. The van der Waals surface area contributed by atoms with Crippen molar-refractivity contribution in [3.8, 4) is 0 Å². The Kier molecular flexibility index (Phi) is 4.94. The van der Waals surface area contributed by atoms with Gasteiger partial charge in [0, 0.05) is 0 Å². The highest BCUT2D eigenvalue weighted by Crippen LogP contribution is 2.04. The molecule has 0 unspecified atom stereocenters. The van der Waals surface area contributed by atoms with Crippen LogP contribution in [0.25, 0.3) is 6.08 Å². The van der Waals surface area contributed by atoms with Gasteiger partial charge in [0.05, 0.1) is 0 Å². The van der Waals surface area contributed by atoms with E-state index in [0.717, 1.165) is 5.56 Å². The molecule has 4 heteroatoms. The normalized spacial score (nSPS) is 11.8. The number of aliphatic carboxylic acids is 1. The van der Waals surface area contributed by atoms with Crippen molar-refractivity contribution in [1.82, 2.24) is 0 Å². The van der Waals surface area contributed by atoms with Crippen molar-refractivity contribution < 1.29 is 14.7 Å². The van der Waals surface area contributed by atoms with E-state index in [-0.39, 0.29) is 12.3 Å². The molecule has 1 N–H and O–H groups in total. The molecule has 0 fully saturated rings. The Bertz CT molecular complexity index is 432. The molecule has 0 spiro atoms. The van der Waals surface area contributed by atoms with Gasteiger partial charge in [-0.05, 0) is 25.5 Å². The van der Waals surface area contributed by atoms with Gasteiger partial charge in [-0.15, -0.1) is 0 Å². The predicted molar refractivity (Wildman–Crippen MR) is 66.9 cm³/mol. The number of carboxylic acid groups (broad SMARTS) is 1. The van der Waals surface area contributed by atoms with Crippen LogP contribution in [0.1, 0.15) is 18.1 Å². The minimum atomic E-state index is -1.08. The van der Waals surface area contributed by atoms with Gasteiger partial charge in [-0.25, -0.2) is 4.79 Å². The molecule has 0 atom stereocenters. The molecule has 1 aromatic rings. The van der Waals surface area contributed by atoms with Crippen LogP contribution in [0.15, 0.2) is 35.5 Å². The first-order chi connectivity index (χ1) is 8.09. The molecule has 0 bridgehead atoms. The van der Waals surface area contributed by atoms with Crippen LogP contribution in [-0.2, 0) is 9.63 Å². The molecule has 0 aliphatic rings. The highest BCUT2D eigenvalue weighted by Gasteiger charge is 2.00. The lowest BCUT2D eigenvalue weighted by molar-refractivity contribution is -0.129. The number of benzene rings is 1. The van der Waals surface area contributed by atoms with Gasteiger partial charge in [-0.1, -0.05) is 41.1 Å². The molecular weight excluding hydrogens is 218 g/mol. The number of oxime groups is 1. The average Bonchev–Trinajstić information content (AvgIpc) is 2.30. The Morgan fingerprint density at radius 3 is 2.65 bits per heavy atom. The van der Waals surface area contributed by atoms with E-state index >= 15 is 0 Å². The van der Waals surface area contributed by atoms with Crippen molar-refractivity contribution in [3.63, 3.8) is 0 Å². The first kappa shape index (κ1) is 13.0. The van der Waals surface area contributed by atoms with Gasteiger partial charge >= 0.3 is 5.97 Å². The monoisotopic (exact) mass is 233 g/mol. The number of carbonyl (C=O) groups is 1. The van der Waals surface area contributed by atoms with Crippen LogP contribution in [0, 0.1) is 6.92 Å². The number of carboxylic acids is 1. The molecule has 0 amide bonds. The van der Waals surface area contributed by atoms with Crippen LogP contribution in [0.5, 0.6) is 0 Å². The zero-order valence-electron chi connectivity index (χ0n) is 9.88. The second kappa shape index (κ2) is 6.48. The fourth-order valence-corrected chi connectivity index (χ4v) is 1.08. The zero-order chi connectivity index (χ0) is 12.7. The molecule has 1 aromatic carbocycles. The van der Waals surface area contributed by atoms with Crippen LogP contribution >= 0.6 is 0 Å². The molecular formula is C13H15NO3. The quantitative estimate of drug-likeness (QED) is 0.483. The molecule has 0 saturated heterocycles. The Labute approximate surface area is 100 Å². The molecule has 0 aromatic heterocycles. The van der Waals surface area contributed by atoms with E-state index < -0.39 is 5.97 Å². The lowest BCUT2D eigenvalue weighted by Gasteiger charge is -1.96. The molecule has 0 heterocycles. The molecule has 4 nitrogen and oxygen atoms in total. The van der Waals surface area contributed by atoms with Crippen LogP contribution in [0.4, 0.5) is 0 Å². The maximum absolute atomic E-state index is 10.4. The van der Waals surface area contributed by atoms with E-state index in [1.165, 1.54) is 12.5 Å². The Hall–Kier alpha value is -2.10. The lowest BCUT2D eigenvalue weighted by atomic mass is 10.1. The lowest BCUT2D eigenvalue weighted by Crippen LogP contribution is -2.08. The number of nitrogens with zero attached hydrogens (tertiary/aromatic N) is 1. The Morgan fingerprint density at radius 2 is 2.06 bits per heavy atom. The minimum absolute atomic E-state index is 0.0614. The van der Waals surface area contributed by atoms with Crippen LogP contribution in [0.2, 0.25) is 0 Å². The van der Waals surface area contributed by atoms with Crippen molar-refractivity contribution in [3.05, 3.63) is 41.5 Å². The fraction of sp³-hybridized carbons (Fsp3) is 0.231. The van der Waals surface area contributed by atoms with E-state index in [2.05, 4.69) is 5.16 Å². The number of aryl methyl sites for hydroxylation is 1. The Balaban J connectivity index is 2.39. The molecule has 0 saturated carbocycles. The summed E-state index contributed by atoms with van der Waals surface area (Å²) < 4.78 is 0. The molecule has 0 aliphatic carbocycles. The molecule has 90 valence electrons. The smallest absolute Gasteiger partial charge is 0.353 e. The van der Waals surface area contributed by atoms with Crippen molar-refractivity contribution in [2.24, 2.45) is 5.16 Å². The van der Waals surface area contributed by atoms with Crippen molar-refractivity contribution in [2.45, 2.75) is 13.8 Å². The van der Waals surface area contributed by atoms with E-state index in [9.17, 15) is 4.79 Å². The van der Waals surface area contributed by atoms with Crippen LogP contribution < -0.4 is 0 Å². The van der Waals surface area contributed by atoms with Gasteiger partial charge in [0.1, 0.15) is 6.61 Å². The fourth-order valence-electron chi connectivity index (χ4n) is 1.08. The van der Waals surface area contributed by atoms with Crippen molar-refractivity contribution in [1.29, 1.82) is 0 Å². The average molecular weight is 233 g/mol. The first-order valence-electron chi connectivity index (χ1n) is 5.22. The minimum Gasteiger partial charge on any atom is -0.477 e. The molecule has 0 radical (unpaired) electrons. The highest BCUT2D eigenvalue weighted by molar-refractivity contribution is 6.34. The molecule has 1 rings (SSSR count). The summed E-state index contributed by atoms with van der Waals surface area (Å²) in [6, 6.07) is 8.04. The summed E-state index contributed by atoms with van der Waals surface area (Å²) in [7, 11) is 0. The summed E-state index contributed by atoms with van der Waals surface area (Å²) in [5.41, 5.74) is 2.21. The van der Waals surface area contributed by atoms with E-state index in [1.54, 1.807) is 6.08 Å². The molecule has 0 aliphatic heterocycles. The van der Waals surface area contributed by atoms with E-state index in [1.807, 2.05) is 37.3 Å². The van der Waals surface area contributed by atoms with Gasteiger partial charge in [0.2, 0.25) is 0 Å². The Morgan fingerprint density at radius 1 is 1.41 bits per heavy atom. The zero-order valence-corrected chi connectivity index (χ0v) is 9.88. The van der Waals surface area contributed by atoms with Crippen LogP contribution in [-0.4, -0.2) is 23.4 Å². The largest absolute Gasteiger partial charge is 0.477 e. The first-order valence-corrected chi connectivity index (χ1v) is 5.22. The van der Waals surface area contributed by atoms with E-state index in [4.69, 9.17) is 9.94 Å². The second-order valence-corrected chi connectivity index (χ2v) is 3.59. The summed E-state index contributed by atoms with van der Waals surface area (Å²) in [6.07, 6.45) is 3.67. The summed E-state index contributed by atoms with van der Waals surface area (Å²) in [4.78, 5) is 15.2. The van der Waals surface area contributed by atoms with Gasteiger partial charge in [-0.3, -0.25) is 0 Å².